The third kappa shape index (κ3) is 3.85. The molecule has 0 aliphatic carbocycles. The van der Waals surface area contributed by atoms with Gasteiger partial charge in [-0.3, -0.25) is 0 Å². The molecule has 4 heteroatoms. The van der Waals surface area contributed by atoms with Crippen molar-refractivity contribution in [1.82, 2.24) is 0 Å². The van der Waals surface area contributed by atoms with Crippen molar-refractivity contribution >= 4 is 88.5 Å². The Hall–Kier alpha value is -6.10. The zero-order valence-corrected chi connectivity index (χ0v) is 27.9. The summed E-state index contributed by atoms with van der Waals surface area (Å²) in [6.45, 7) is 0.0139. The summed E-state index contributed by atoms with van der Waals surface area (Å²) in [5.74, 6) is 0. The van der Waals surface area contributed by atoms with Gasteiger partial charge in [0.05, 0.1) is 5.69 Å². The lowest BCUT2D eigenvalue weighted by molar-refractivity contribution is 1.27. The monoisotopic (exact) mass is 652 g/mol. The Kier molecular flexibility index (Phi) is 5.95. The zero-order chi connectivity index (χ0) is 32.8. The first kappa shape index (κ1) is 27.8. The molecule has 0 bridgehead atoms. The van der Waals surface area contributed by atoms with Crippen LogP contribution in [0.15, 0.2) is 176 Å². The van der Waals surface area contributed by atoms with Crippen molar-refractivity contribution in [1.29, 1.82) is 0 Å². The first-order chi connectivity index (χ1) is 24.8. The SMILES string of the molecule is c1ccc(N2B3c4ccccc4N(c4ccc5c(sc6ccccc65)c4-c4cccc5ccccc45)c4cccc(c43)-c3ccccc32)cc1. The number of anilines is 5. The fourth-order valence-corrected chi connectivity index (χ4v) is 9.86. The van der Waals surface area contributed by atoms with Crippen molar-refractivity contribution in [2.24, 2.45) is 0 Å². The van der Waals surface area contributed by atoms with E-state index in [-0.39, 0.29) is 6.85 Å². The van der Waals surface area contributed by atoms with Crippen molar-refractivity contribution in [2.45, 2.75) is 0 Å². The number of para-hydroxylation sites is 3. The Labute approximate surface area is 295 Å². The summed E-state index contributed by atoms with van der Waals surface area (Å²) in [4.78, 5) is 5.11. The number of rotatable bonds is 3. The van der Waals surface area contributed by atoms with E-state index in [2.05, 4.69) is 186 Å². The van der Waals surface area contributed by atoms with E-state index in [0.717, 1.165) is 0 Å². The van der Waals surface area contributed by atoms with Gasteiger partial charge in [-0.25, -0.2) is 0 Å². The van der Waals surface area contributed by atoms with Gasteiger partial charge >= 0.3 is 6.85 Å². The number of fused-ring (bicyclic) bond motifs is 8. The fourth-order valence-electron chi connectivity index (χ4n) is 8.60. The van der Waals surface area contributed by atoms with Crippen molar-refractivity contribution in [3.8, 4) is 22.3 Å². The molecule has 0 amide bonds. The molecule has 8 aromatic carbocycles. The van der Waals surface area contributed by atoms with Gasteiger partial charge in [0.25, 0.3) is 0 Å². The van der Waals surface area contributed by atoms with Crippen molar-refractivity contribution in [3.63, 3.8) is 0 Å². The van der Waals surface area contributed by atoms with Gasteiger partial charge in [-0.15, -0.1) is 11.3 Å². The number of hydrogen-bond acceptors (Lipinski definition) is 3. The molecule has 0 saturated carbocycles. The van der Waals surface area contributed by atoms with Crippen LogP contribution < -0.4 is 20.6 Å². The predicted octanol–water partition coefficient (Wildman–Crippen LogP) is 11.6. The molecular weight excluding hydrogens is 623 g/mol. The van der Waals surface area contributed by atoms with Crippen LogP contribution >= 0.6 is 11.3 Å². The molecular formula is C46H29BN2S. The first-order valence-corrected chi connectivity index (χ1v) is 18.0. The molecule has 50 heavy (non-hydrogen) atoms. The molecule has 1 aromatic heterocycles. The maximum absolute atomic E-state index is 2.56. The second kappa shape index (κ2) is 10.7. The highest BCUT2D eigenvalue weighted by molar-refractivity contribution is 7.26. The summed E-state index contributed by atoms with van der Waals surface area (Å²) < 4.78 is 2.63. The molecule has 2 aliphatic heterocycles. The van der Waals surface area contributed by atoms with E-state index in [1.54, 1.807) is 0 Å². The van der Waals surface area contributed by atoms with Gasteiger partial charge in [0.1, 0.15) is 0 Å². The molecule has 2 aliphatic rings. The van der Waals surface area contributed by atoms with Crippen LogP contribution in [0.5, 0.6) is 0 Å². The van der Waals surface area contributed by atoms with Crippen LogP contribution in [0.3, 0.4) is 0 Å². The molecule has 232 valence electrons. The molecule has 0 unspecified atom stereocenters. The van der Waals surface area contributed by atoms with Crippen LogP contribution in [0.25, 0.3) is 53.2 Å². The van der Waals surface area contributed by atoms with Crippen LogP contribution in [0.2, 0.25) is 0 Å². The molecule has 0 radical (unpaired) electrons. The maximum Gasteiger partial charge on any atom is 0.333 e. The minimum absolute atomic E-state index is 0.0139. The molecule has 3 heterocycles. The Bertz CT molecular complexity index is 2800. The minimum Gasteiger partial charge on any atom is -0.376 e. The lowest BCUT2D eigenvalue weighted by Crippen LogP contribution is -2.61. The van der Waals surface area contributed by atoms with Gasteiger partial charge in [-0.05, 0) is 75.3 Å². The number of thiophene rings is 1. The van der Waals surface area contributed by atoms with Crippen LogP contribution in [-0.4, -0.2) is 6.85 Å². The Balaban J connectivity index is 1.27. The normalized spacial score (nSPS) is 13.1. The molecule has 0 spiro atoms. The van der Waals surface area contributed by atoms with Crippen LogP contribution in [0.1, 0.15) is 0 Å². The minimum atomic E-state index is 0.0139. The van der Waals surface area contributed by atoms with E-state index >= 15 is 0 Å². The van der Waals surface area contributed by atoms with E-state index in [1.165, 1.54) is 92.6 Å². The van der Waals surface area contributed by atoms with Gasteiger partial charge in [0.2, 0.25) is 0 Å². The third-order valence-electron chi connectivity index (χ3n) is 10.6. The topological polar surface area (TPSA) is 6.48 Å². The van der Waals surface area contributed by atoms with E-state index in [1.807, 2.05) is 11.3 Å². The van der Waals surface area contributed by atoms with Gasteiger partial charge in [0.15, 0.2) is 0 Å². The van der Waals surface area contributed by atoms with Gasteiger partial charge in [0, 0.05) is 54.0 Å². The molecule has 0 saturated heterocycles. The zero-order valence-electron chi connectivity index (χ0n) is 27.1. The molecule has 2 nitrogen and oxygen atoms in total. The molecule has 9 aromatic rings. The summed E-state index contributed by atoms with van der Waals surface area (Å²) in [5, 5.41) is 5.13. The molecule has 0 fully saturated rings. The number of benzene rings is 8. The van der Waals surface area contributed by atoms with E-state index in [9.17, 15) is 0 Å². The predicted molar refractivity (Wildman–Crippen MR) is 216 cm³/mol. The largest absolute Gasteiger partial charge is 0.376 e. The fraction of sp³-hybridized carbons (Fsp3) is 0. The number of nitrogens with zero attached hydrogens (tertiary/aromatic N) is 2. The lowest BCUT2D eigenvalue weighted by Gasteiger charge is -2.46. The molecule has 11 rings (SSSR count). The average molecular weight is 653 g/mol. The highest BCUT2D eigenvalue weighted by Crippen LogP contribution is 2.52. The first-order valence-electron chi connectivity index (χ1n) is 17.2. The summed E-state index contributed by atoms with van der Waals surface area (Å²) in [6.07, 6.45) is 0. The number of hydrogen-bond donors (Lipinski definition) is 0. The summed E-state index contributed by atoms with van der Waals surface area (Å²) in [7, 11) is 0. The van der Waals surface area contributed by atoms with Crippen molar-refractivity contribution < 1.29 is 0 Å². The van der Waals surface area contributed by atoms with Crippen LogP contribution in [0.4, 0.5) is 28.4 Å². The standard InChI is InChI=1S/C46H29BN2S/c1-2-16-31(17-3-1)49-39-24-9-6-19-33(39)36-22-13-26-42-45(36)47(49)38-23-8-10-25-40(38)48(42)41-29-28-37-34-20-7-11-27-43(34)50-46(37)44(41)35-21-12-15-30-14-4-5-18-32(30)35/h1-29H. The highest BCUT2D eigenvalue weighted by atomic mass is 32.1. The second-order valence-electron chi connectivity index (χ2n) is 13.2. The van der Waals surface area contributed by atoms with Gasteiger partial charge in [-0.2, -0.15) is 0 Å². The molecule has 0 atom stereocenters. The second-order valence-corrected chi connectivity index (χ2v) is 14.3. The van der Waals surface area contributed by atoms with Crippen LogP contribution in [-0.2, 0) is 0 Å². The molecule has 0 N–H and O–H groups in total. The summed E-state index contributed by atoms with van der Waals surface area (Å²) >= 11 is 1.91. The summed E-state index contributed by atoms with van der Waals surface area (Å²) in [6, 6.07) is 64.9. The lowest BCUT2D eigenvalue weighted by atomic mass is 9.43. The highest BCUT2D eigenvalue weighted by Gasteiger charge is 2.45. The van der Waals surface area contributed by atoms with Gasteiger partial charge < -0.3 is 9.71 Å². The van der Waals surface area contributed by atoms with E-state index in [0.29, 0.717) is 0 Å². The average Bonchev–Trinajstić information content (AvgIpc) is 3.57. The quantitative estimate of drug-likeness (QED) is 0.175. The Morgan fingerprint density at radius 3 is 2.00 bits per heavy atom. The van der Waals surface area contributed by atoms with E-state index in [4.69, 9.17) is 0 Å². The van der Waals surface area contributed by atoms with Gasteiger partial charge in [-0.1, -0.05) is 133 Å². The smallest absolute Gasteiger partial charge is 0.333 e. The van der Waals surface area contributed by atoms with Crippen LogP contribution in [0, 0.1) is 0 Å². The summed E-state index contributed by atoms with van der Waals surface area (Å²) in [5.41, 5.74) is 13.8. The van der Waals surface area contributed by atoms with E-state index < -0.39 is 0 Å². The third-order valence-corrected chi connectivity index (χ3v) is 11.8. The Morgan fingerprint density at radius 1 is 0.420 bits per heavy atom. The van der Waals surface area contributed by atoms with Crippen molar-refractivity contribution in [2.75, 3.05) is 9.71 Å². The van der Waals surface area contributed by atoms with Crippen molar-refractivity contribution in [3.05, 3.63) is 176 Å². The Morgan fingerprint density at radius 2 is 1.08 bits per heavy atom. The maximum atomic E-state index is 2.56.